The quantitative estimate of drug-likeness (QED) is 0.146. The van der Waals surface area contributed by atoms with E-state index in [0.29, 0.717) is 18.3 Å². The Balaban J connectivity index is 1.06. The van der Waals surface area contributed by atoms with Crippen LogP contribution in [-0.4, -0.2) is 91.2 Å². The van der Waals surface area contributed by atoms with Crippen LogP contribution in [0.25, 0.3) is 54.7 Å². The first kappa shape index (κ1) is 37.6. The molecule has 56 heavy (non-hydrogen) atoms. The number of hydrogen-bond acceptors (Lipinski definition) is 8. The van der Waals surface area contributed by atoms with Crippen molar-refractivity contribution in [3.8, 4) is 11.1 Å². The first-order valence-electron chi connectivity index (χ1n) is 19.3. The van der Waals surface area contributed by atoms with Crippen molar-refractivity contribution in [2.24, 2.45) is 5.92 Å². The van der Waals surface area contributed by atoms with Gasteiger partial charge in [0.15, 0.2) is 0 Å². The molecule has 4 aromatic carbocycles. The fourth-order valence-electron chi connectivity index (χ4n) is 8.26. The number of carbonyl (C=O) groups excluding carboxylic acids is 3. The van der Waals surface area contributed by atoms with Gasteiger partial charge in [0.1, 0.15) is 23.3 Å². The van der Waals surface area contributed by atoms with Crippen molar-refractivity contribution in [2.45, 2.75) is 82.9 Å². The summed E-state index contributed by atoms with van der Waals surface area (Å²) in [5, 5.41) is 7.25. The highest BCUT2D eigenvalue weighted by Crippen LogP contribution is 2.39. The number of fused-ring (bicyclic) bond motifs is 6. The van der Waals surface area contributed by atoms with E-state index >= 15 is 0 Å². The van der Waals surface area contributed by atoms with Crippen LogP contribution in [-0.2, 0) is 14.3 Å². The highest BCUT2D eigenvalue weighted by molar-refractivity contribution is 7.99. The minimum Gasteiger partial charge on any atom is -0.453 e. The van der Waals surface area contributed by atoms with Gasteiger partial charge in [0.25, 0.3) is 0 Å². The molecule has 0 radical (unpaired) electrons. The standard InChI is InChI=1S/C43H49N7O5S/c1-23(2)35(48-41(52)54-6)40(51)49-18-8-9-33(49)38-44-31-16-12-26-19-24(10-14-29(26)36(31)46-38)25-11-15-30-27(20-25)13-17-32-37(30)47-39(45-32)34-21-28(56-7)22-50(34)42(53)55-43(3,4)5/h10-17,19-20,23,28,33-35H,8-9,18,21-22H2,1-7H3,(H,44,46)(H,45,47)(H,48,52). The average molecular weight is 776 g/mol. The van der Waals surface area contributed by atoms with E-state index < -0.39 is 17.7 Å². The van der Waals surface area contributed by atoms with Crippen LogP contribution in [0.2, 0.25) is 0 Å². The van der Waals surface area contributed by atoms with Crippen LogP contribution in [0.4, 0.5) is 9.59 Å². The van der Waals surface area contributed by atoms with Crippen LogP contribution in [0.5, 0.6) is 0 Å². The van der Waals surface area contributed by atoms with E-state index in [9.17, 15) is 14.4 Å². The number of aromatic nitrogens is 4. The number of imidazole rings is 2. The van der Waals surface area contributed by atoms with Gasteiger partial charge in [-0.2, -0.15) is 11.8 Å². The summed E-state index contributed by atoms with van der Waals surface area (Å²) in [6.45, 7) is 10.7. The second kappa shape index (κ2) is 14.6. The number of thioether (sulfide) groups is 1. The molecule has 2 saturated heterocycles. The van der Waals surface area contributed by atoms with Gasteiger partial charge in [0, 0.05) is 29.1 Å². The van der Waals surface area contributed by atoms with Crippen LogP contribution in [0, 0.1) is 5.92 Å². The second-order valence-electron chi connectivity index (χ2n) is 16.3. The van der Waals surface area contributed by atoms with E-state index in [0.717, 1.165) is 85.6 Å². The lowest BCUT2D eigenvalue weighted by Crippen LogP contribution is -2.51. The number of carbonyl (C=O) groups is 3. The number of hydrogen-bond donors (Lipinski definition) is 3. The molecule has 0 saturated carbocycles. The highest BCUT2D eigenvalue weighted by Gasteiger charge is 2.40. The number of alkyl carbamates (subject to hydrolysis) is 1. The molecule has 292 valence electrons. The Morgan fingerprint density at radius 1 is 0.857 bits per heavy atom. The van der Waals surface area contributed by atoms with Crippen molar-refractivity contribution < 1.29 is 23.9 Å². The summed E-state index contributed by atoms with van der Waals surface area (Å²) in [7, 11) is 1.30. The number of likely N-dealkylation sites (tertiary alicyclic amines) is 2. The normalized spacial score (nSPS) is 19.5. The lowest BCUT2D eigenvalue weighted by molar-refractivity contribution is -0.135. The van der Waals surface area contributed by atoms with E-state index in [4.69, 9.17) is 19.4 Å². The Hall–Kier alpha value is -5.30. The molecule has 0 bridgehead atoms. The summed E-state index contributed by atoms with van der Waals surface area (Å²) in [4.78, 5) is 59.9. The fraction of sp³-hybridized carbons (Fsp3) is 0.419. The largest absolute Gasteiger partial charge is 0.453 e. The lowest BCUT2D eigenvalue weighted by Gasteiger charge is -2.29. The highest BCUT2D eigenvalue weighted by atomic mass is 32.2. The first-order valence-corrected chi connectivity index (χ1v) is 20.6. The number of H-pyrrole nitrogens is 2. The number of rotatable bonds is 7. The van der Waals surface area contributed by atoms with Crippen molar-refractivity contribution in [3.63, 3.8) is 0 Å². The van der Waals surface area contributed by atoms with E-state index in [1.807, 2.05) is 44.4 Å². The van der Waals surface area contributed by atoms with Crippen molar-refractivity contribution in [2.75, 3.05) is 26.5 Å². The molecule has 8 rings (SSSR count). The minimum atomic E-state index is -0.689. The molecule has 3 N–H and O–H groups in total. The Morgan fingerprint density at radius 2 is 1.45 bits per heavy atom. The molecule has 0 spiro atoms. The maximum Gasteiger partial charge on any atom is 0.410 e. The molecule has 3 amide bonds. The Labute approximate surface area is 330 Å². The van der Waals surface area contributed by atoms with Crippen molar-refractivity contribution in [1.29, 1.82) is 0 Å². The van der Waals surface area contributed by atoms with Gasteiger partial charge >= 0.3 is 12.2 Å². The topological polar surface area (TPSA) is 146 Å². The van der Waals surface area contributed by atoms with Gasteiger partial charge < -0.3 is 29.7 Å². The molecule has 2 aliphatic heterocycles. The Bertz CT molecular complexity index is 2490. The molecule has 2 aromatic heterocycles. The fourth-order valence-corrected chi connectivity index (χ4v) is 8.94. The summed E-state index contributed by atoms with van der Waals surface area (Å²) in [5.74, 6) is 1.30. The number of amides is 3. The van der Waals surface area contributed by atoms with Gasteiger partial charge in [0.2, 0.25) is 5.91 Å². The summed E-state index contributed by atoms with van der Waals surface area (Å²) in [6.07, 6.45) is 3.61. The molecular formula is C43H49N7O5S. The van der Waals surface area contributed by atoms with Gasteiger partial charge in [-0.05, 0) is 98.4 Å². The number of methoxy groups -OCH3 is 1. The second-order valence-corrected chi connectivity index (χ2v) is 17.5. The maximum absolute atomic E-state index is 13.7. The van der Waals surface area contributed by atoms with Gasteiger partial charge in [-0.25, -0.2) is 19.6 Å². The smallest absolute Gasteiger partial charge is 0.410 e. The molecule has 2 aliphatic rings. The lowest BCUT2D eigenvalue weighted by atomic mass is 9.98. The zero-order valence-corrected chi connectivity index (χ0v) is 33.8. The van der Waals surface area contributed by atoms with Crippen LogP contribution in [0.15, 0.2) is 60.7 Å². The molecule has 4 heterocycles. The monoisotopic (exact) mass is 775 g/mol. The van der Waals surface area contributed by atoms with Crippen LogP contribution in [0.1, 0.15) is 77.6 Å². The Kier molecular flexibility index (Phi) is 9.84. The van der Waals surface area contributed by atoms with E-state index in [2.05, 4.69) is 82.2 Å². The molecule has 4 unspecified atom stereocenters. The summed E-state index contributed by atoms with van der Waals surface area (Å²) >= 11 is 1.77. The molecule has 6 aromatic rings. The molecular weight excluding hydrogens is 727 g/mol. The minimum absolute atomic E-state index is 0.105. The summed E-state index contributed by atoms with van der Waals surface area (Å²) < 4.78 is 10.6. The van der Waals surface area contributed by atoms with E-state index in [-0.39, 0.29) is 30.0 Å². The van der Waals surface area contributed by atoms with Gasteiger partial charge in [-0.15, -0.1) is 0 Å². The Morgan fingerprint density at radius 3 is 1.98 bits per heavy atom. The van der Waals surface area contributed by atoms with E-state index in [1.54, 1.807) is 11.8 Å². The number of nitrogens with one attached hydrogen (secondary N) is 3. The maximum atomic E-state index is 13.7. The number of aromatic amines is 2. The van der Waals surface area contributed by atoms with Crippen LogP contribution < -0.4 is 5.32 Å². The number of nitrogens with zero attached hydrogens (tertiary/aromatic N) is 4. The van der Waals surface area contributed by atoms with Crippen molar-refractivity contribution in [1.82, 2.24) is 35.1 Å². The zero-order chi connectivity index (χ0) is 39.5. The van der Waals surface area contributed by atoms with Crippen molar-refractivity contribution in [3.05, 3.63) is 72.3 Å². The molecule has 2 fully saturated rings. The van der Waals surface area contributed by atoms with Gasteiger partial charge in [-0.3, -0.25) is 9.69 Å². The summed E-state index contributed by atoms with van der Waals surface area (Å²) in [5.41, 5.74) is 5.20. The van der Waals surface area contributed by atoms with Crippen LogP contribution >= 0.6 is 11.8 Å². The third kappa shape index (κ3) is 7.01. The molecule has 13 heteroatoms. The summed E-state index contributed by atoms with van der Waals surface area (Å²) in [6, 6.07) is 20.2. The molecule has 0 aliphatic carbocycles. The SMILES string of the molecule is COC(=O)NC(C(=O)N1CCCC1c1nc2c(ccc3cc(-c4ccc5c(ccc6[nH]c(C7CC(SC)CN7C(=O)OC(C)(C)C)nc65)c4)ccc32)[nH]1)C(C)C. The van der Waals surface area contributed by atoms with Gasteiger partial charge in [0.05, 0.1) is 41.3 Å². The first-order chi connectivity index (χ1) is 26.8. The predicted octanol–water partition coefficient (Wildman–Crippen LogP) is 8.87. The average Bonchev–Trinajstić information content (AvgIpc) is 3.99. The predicted molar refractivity (Wildman–Crippen MR) is 222 cm³/mol. The third-order valence-electron chi connectivity index (χ3n) is 11.1. The van der Waals surface area contributed by atoms with Crippen LogP contribution in [0.3, 0.4) is 0 Å². The molecule has 4 atom stereocenters. The van der Waals surface area contributed by atoms with Crippen molar-refractivity contribution >= 4 is 73.5 Å². The molecule has 12 nitrogen and oxygen atoms in total. The number of ether oxygens (including phenoxy) is 2. The van der Waals surface area contributed by atoms with E-state index in [1.165, 1.54) is 7.11 Å². The zero-order valence-electron chi connectivity index (χ0n) is 32.9. The third-order valence-corrected chi connectivity index (χ3v) is 12.1. The van der Waals surface area contributed by atoms with Gasteiger partial charge in [-0.1, -0.05) is 50.2 Å². The number of benzene rings is 4.